The van der Waals surface area contributed by atoms with E-state index in [-0.39, 0.29) is 11.9 Å². The van der Waals surface area contributed by atoms with Crippen LogP contribution in [0, 0.1) is 0 Å². The van der Waals surface area contributed by atoms with Gasteiger partial charge in [0.05, 0.1) is 17.8 Å². The van der Waals surface area contributed by atoms with Crippen LogP contribution in [-0.4, -0.2) is 47.5 Å². The summed E-state index contributed by atoms with van der Waals surface area (Å²) in [6.45, 7) is 0.673. The molecule has 0 spiro atoms. The Balaban J connectivity index is 1.42. The van der Waals surface area contributed by atoms with Crippen molar-refractivity contribution in [2.75, 3.05) is 6.54 Å². The molecule has 2 aliphatic rings. The summed E-state index contributed by atoms with van der Waals surface area (Å²) in [5.41, 5.74) is 2.31. The SMILES string of the molecule is Cn1cc(-c2nc(C3CCCCCN3C(=O)c3cc(C4CC4)[nH]n3)no2)cn1. The van der Waals surface area contributed by atoms with Crippen LogP contribution in [0.25, 0.3) is 11.5 Å². The molecular formula is C19H23N7O2. The fourth-order valence-electron chi connectivity index (χ4n) is 3.84. The van der Waals surface area contributed by atoms with Crippen LogP contribution in [0.4, 0.5) is 0 Å². The average Bonchev–Trinajstić information content (AvgIpc) is 3.09. The summed E-state index contributed by atoms with van der Waals surface area (Å²) in [5.74, 6) is 1.44. The first-order valence-electron chi connectivity index (χ1n) is 9.88. The normalized spacial score (nSPS) is 20.3. The minimum Gasteiger partial charge on any atom is -0.334 e. The van der Waals surface area contributed by atoms with Crippen molar-refractivity contribution in [2.45, 2.75) is 50.5 Å². The molecule has 2 fully saturated rings. The molecule has 5 rings (SSSR count). The maximum Gasteiger partial charge on any atom is 0.274 e. The number of nitrogens with one attached hydrogen (secondary N) is 1. The molecule has 0 bridgehead atoms. The molecule has 0 radical (unpaired) electrons. The second kappa shape index (κ2) is 6.88. The minimum absolute atomic E-state index is 0.0669. The van der Waals surface area contributed by atoms with Gasteiger partial charge in [0.1, 0.15) is 5.69 Å². The smallest absolute Gasteiger partial charge is 0.274 e. The fourth-order valence-corrected chi connectivity index (χ4v) is 3.84. The van der Waals surface area contributed by atoms with Gasteiger partial charge in [-0.2, -0.15) is 15.2 Å². The van der Waals surface area contributed by atoms with E-state index in [9.17, 15) is 4.79 Å². The Hall–Kier alpha value is -2.97. The highest BCUT2D eigenvalue weighted by Gasteiger charge is 2.33. The van der Waals surface area contributed by atoms with E-state index in [0.717, 1.165) is 36.9 Å². The van der Waals surface area contributed by atoms with Crippen molar-refractivity contribution < 1.29 is 9.32 Å². The number of likely N-dealkylation sites (tertiary alicyclic amines) is 1. The molecule has 1 aliphatic carbocycles. The number of carbonyl (C=O) groups excluding carboxylic acids is 1. The van der Waals surface area contributed by atoms with Crippen LogP contribution < -0.4 is 0 Å². The number of H-pyrrole nitrogens is 1. The van der Waals surface area contributed by atoms with E-state index in [2.05, 4.69) is 25.4 Å². The van der Waals surface area contributed by atoms with Gasteiger partial charge in [-0.05, 0) is 31.7 Å². The Morgan fingerprint density at radius 1 is 1.25 bits per heavy atom. The predicted octanol–water partition coefficient (Wildman–Crippen LogP) is 2.83. The lowest BCUT2D eigenvalue weighted by molar-refractivity contribution is 0.0664. The van der Waals surface area contributed by atoms with E-state index in [1.165, 1.54) is 12.8 Å². The van der Waals surface area contributed by atoms with Crippen molar-refractivity contribution in [1.29, 1.82) is 0 Å². The van der Waals surface area contributed by atoms with E-state index < -0.39 is 0 Å². The largest absolute Gasteiger partial charge is 0.334 e. The molecule has 1 amide bonds. The molecule has 4 heterocycles. The predicted molar refractivity (Wildman–Crippen MR) is 99.3 cm³/mol. The van der Waals surface area contributed by atoms with E-state index >= 15 is 0 Å². The Morgan fingerprint density at radius 2 is 2.14 bits per heavy atom. The molecule has 3 aromatic heterocycles. The van der Waals surface area contributed by atoms with Crippen LogP contribution in [0.3, 0.4) is 0 Å². The Labute approximate surface area is 162 Å². The first-order valence-corrected chi connectivity index (χ1v) is 9.88. The van der Waals surface area contributed by atoms with Gasteiger partial charge in [0.2, 0.25) is 0 Å². The number of aromatic amines is 1. The van der Waals surface area contributed by atoms with Crippen LogP contribution in [0.15, 0.2) is 23.0 Å². The Morgan fingerprint density at radius 3 is 2.93 bits per heavy atom. The number of hydrogen-bond acceptors (Lipinski definition) is 6. The zero-order valence-electron chi connectivity index (χ0n) is 15.8. The summed E-state index contributed by atoms with van der Waals surface area (Å²) in [5, 5.41) is 15.6. The van der Waals surface area contributed by atoms with Crippen molar-refractivity contribution >= 4 is 5.91 Å². The van der Waals surface area contributed by atoms with Gasteiger partial charge in [0.25, 0.3) is 11.8 Å². The summed E-state index contributed by atoms with van der Waals surface area (Å²) in [4.78, 5) is 19.7. The van der Waals surface area contributed by atoms with Crippen LogP contribution in [0.1, 0.15) is 72.5 Å². The maximum atomic E-state index is 13.2. The maximum absolute atomic E-state index is 13.2. The molecule has 1 saturated carbocycles. The lowest BCUT2D eigenvalue weighted by atomic mass is 10.1. The summed E-state index contributed by atoms with van der Waals surface area (Å²) >= 11 is 0. The van der Waals surface area contributed by atoms with Crippen LogP contribution in [-0.2, 0) is 7.05 Å². The highest BCUT2D eigenvalue weighted by Crippen LogP contribution is 2.39. The van der Waals surface area contributed by atoms with Crippen molar-refractivity contribution in [3.8, 4) is 11.5 Å². The van der Waals surface area contributed by atoms with Gasteiger partial charge in [-0.15, -0.1) is 0 Å². The topological polar surface area (TPSA) is 106 Å². The second-order valence-electron chi connectivity index (χ2n) is 7.71. The second-order valence-corrected chi connectivity index (χ2v) is 7.71. The first kappa shape index (κ1) is 17.2. The third-order valence-electron chi connectivity index (χ3n) is 5.54. The van der Waals surface area contributed by atoms with Gasteiger partial charge in [-0.3, -0.25) is 14.6 Å². The average molecular weight is 381 g/mol. The summed E-state index contributed by atoms with van der Waals surface area (Å²) < 4.78 is 7.15. The van der Waals surface area contributed by atoms with Gasteiger partial charge >= 0.3 is 0 Å². The van der Waals surface area contributed by atoms with Crippen molar-refractivity contribution in [2.24, 2.45) is 7.05 Å². The number of hydrogen-bond donors (Lipinski definition) is 1. The third kappa shape index (κ3) is 3.21. The monoisotopic (exact) mass is 381 g/mol. The number of aromatic nitrogens is 6. The van der Waals surface area contributed by atoms with Gasteiger partial charge in [0.15, 0.2) is 5.82 Å². The molecular weight excluding hydrogens is 358 g/mol. The molecule has 1 saturated heterocycles. The molecule has 9 heteroatoms. The summed E-state index contributed by atoms with van der Waals surface area (Å²) in [6, 6.07) is 1.70. The first-order chi connectivity index (χ1) is 13.7. The van der Waals surface area contributed by atoms with E-state index in [0.29, 0.717) is 29.9 Å². The summed E-state index contributed by atoms with van der Waals surface area (Å²) in [7, 11) is 1.84. The molecule has 1 atom stereocenters. The minimum atomic E-state index is -0.203. The van der Waals surface area contributed by atoms with Crippen LogP contribution >= 0.6 is 0 Å². The fraction of sp³-hybridized carbons (Fsp3) is 0.526. The van der Waals surface area contributed by atoms with Crippen molar-refractivity contribution in [3.05, 3.63) is 35.7 Å². The van der Waals surface area contributed by atoms with Gasteiger partial charge in [-0.25, -0.2) is 0 Å². The van der Waals surface area contributed by atoms with E-state index in [4.69, 9.17) is 4.52 Å². The highest BCUT2D eigenvalue weighted by molar-refractivity contribution is 5.92. The van der Waals surface area contributed by atoms with Crippen molar-refractivity contribution in [1.82, 2.24) is 35.0 Å². The number of carbonyl (C=O) groups is 1. The number of rotatable bonds is 4. The molecule has 1 N–H and O–H groups in total. The standard InChI is InChI=1S/C19H23N7O2/c1-25-11-13(10-20-25)18-21-17(24-28-18)16-5-3-2-4-8-26(16)19(27)15-9-14(22-23-15)12-6-7-12/h9-12,16H,2-8H2,1H3,(H,22,23). The number of aryl methyl sites for hydroxylation is 1. The number of nitrogens with zero attached hydrogens (tertiary/aromatic N) is 6. The molecule has 9 nitrogen and oxygen atoms in total. The Bertz CT molecular complexity index is 984. The lowest BCUT2D eigenvalue weighted by Gasteiger charge is -2.27. The van der Waals surface area contributed by atoms with E-state index in [1.807, 2.05) is 24.2 Å². The molecule has 3 aromatic rings. The quantitative estimate of drug-likeness (QED) is 0.745. The van der Waals surface area contributed by atoms with Gasteiger partial charge in [0, 0.05) is 31.4 Å². The zero-order valence-corrected chi connectivity index (χ0v) is 15.8. The Kier molecular flexibility index (Phi) is 4.22. The molecule has 0 aromatic carbocycles. The molecule has 146 valence electrons. The van der Waals surface area contributed by atoms with E-state index in [1.54, 1.807) is 10.9 Å². The van der Waals surface area contributed by atoms with Crippen LogP contribution in [0.5, 0.6) is 0 Å². The number of amides is 1. The molecule has 1 unspecified atom stereocenters. The highest BCUT2D eigenvalue weighted by atomic mass is 16.5. The molecule has 1 aliphatic heterocycles. The lowest BCUT2D eigenvalue weighted by Crippen LogP contribution is -2.35. The summed E-state index contributed by atoms with van der Waals surface area (Å²) in [6.07, 6.45) is 9.75. The third-order valence-corrected chi connectivity index (χ3v) is 5.54. The van der Waals surface area contributed by atoms with Crippen molar-refractivity contribution in [3.63, 3.8) is 0 Å². The van der Waals surface area contributed by atoms with Gasteiger partial charge < -0.3 is 9.42 Å². The van der Waals surface area contributed by atoms with Crippen LogP contribution in [0.2, 0.25) is 0 Å². The zero-order chi connectivity index (χ0) is 19.1. The molecule has 28 heavy (non-hydrogen) atoms. The van der Waals surface area contributed by atoms with Gasteiger partial charge in [-0.1, -0.05) is 18.0 Å².